The highest BCUT2D eigenvalue weighted by molar-refractivity contribution is 7.98. The van der Waals surface area contributed by atoms with Crippen LogP contribution in [0.4, 0.5) is 0 Å². The fourth-order valence-corrected chi connectivity index (χ4v) is 1.99. The zero-order valence-electron chi connectivity index (χ0n) is 8.03. The van der Waals surface area contributed by atoms with Crippen LogP contribution in [0.5, 0.6) is 0 Å². The summed E-state index contributed by atoms with van der Waals surface area (Å²) in [5, 5.41) is 18.1. The molecule has 0 fully saturated rings. The summed E-state index contributed by atoms with van der Waals surface area (Å²) < 4.78 is 0. The van der Waals surface area contributed by atoms with E-state index >= 15 is 0 Å². The van der Waals surface area contributed by atoms with Crippen molar-refractivity contribution in [2.75, 3.05) is 6.26 Å². The van der Waals surface area contributed by atoms with Crippen LogP contribution in [-0.4, -0.2) is 23.4 Å². The van der Waals surface area contributed by atoms with E-state index in [2.05, 4.69) is 0 Å². The highest BCUT2D eigenvalue weighted by atomic mass is 32.2. The topological polar surface area (TPSA) is 40.5 Å². The summed E-state index contributed by atoms with van der Waals surface area (Å²) in [6, 6.07) is 3.81. The van der Waals surface area contributed by atoms with E-state index in [1.54, 1.807) is 11.8 Å². The number of hydrogen-bond donors (Lipinski definition) is 2. The molecule has 1 aromatic rings. The summed E-state index contributed by atoms with van der Waals surface area (Å²) in [5.41, 5.74) is 2.60. The van der Waals surface area contributed by atoms with Crippen LogP contribution in [0, 0.1) is 13.8 Å². The average molecular weight is 196 g/mol. The van der Waals surface area contributed by atoms with Gasteiger partial charge in [0.2, 0.25) is 0 Å². The van der Waals surface area contributed by atoms with Gasteiger partial charge in [0.05, 0.1) is 0 Å². The molecule has 0 aliphatic heterocycles. The third kappa shape index (κ3) is 2.27. The molecule has 0 aromatic heterocycles. The smallest absolute Gasteiger partial charge is 0.423 e. The second-order valence-electron chi connectivity index (χ2n) is 3.05. The van der Waals surface area contributed by atoms with Crippen LogP contribution in [0.2, 0.25) is 0 Å². The van der Waals surface area contributed by atoms with Gasteiger partial charge in [-0.05, 0) is 37.2 Å². The van der Waals surface area contributed by atoms with Gasteiger partial charge in [-0.1, -0.05) is 11.6 Å². The molecule has 13 heavy (non-hydrogen) atoms. The number of rotatable bonds is 2. The van der Waals surface area contributed by atoms with Gasteiger partial charge in [-0.2, -0.15) is 0 Å². The van der Waals surface area contributed by atoms with Crippen molar-refractivity contribution in [2.24, 2.45) is 0 Å². The van der Waals surface area contributed by atoms with Crippen LogP contribution in [0.15, 0.2) is 17.0 Å². The summed E-state index contributed by atoms with van der Waals surface area (Å²) in [7, 11) is -1.37. The molecule has 1 aromatic carbocycles. The minimum absolute atomic E-state index is 0.593. The molecule has 0 saturated carbocycles. The fraction of sp³-hybridized carbons (Fsp3) is 0.333. The Morgan fingerprint density at radius 2 is 1.77 bits per heavy atom. The number of aryl methyl sites for hydroxylation is 2. The summed E-state index contributed by atoms with van der Waals surface area (Å²) in [4.78, 5) is 1.18. The van der Waals surface area contributed by atoms with Gasteiger partial charge in [-0.3, -0.25) is 0 Å². The predicted molar refractivity (Wildman–Crippen MR) is 57.5 cm³/mol. The van der Waals surface area contributed by atoms with Crippen LogP contribution < -0.4 is 5.46 Å². The van der Waals surface area contributed by atoms with Crippen molar-refractivity contribution < 1.29 is 10.0 Å². The normalized spacial score (nSPS) is 10.2. The van der Waals surface area contributed by atoms with Crippen LogP contribution in [0.1, 0.15) is 11.1 Å². The van der Waals surface area contributed by atoms with Gasteiger partial charge in [0, 0.05) is 4.90 Å². The molecular weight excluding hydrogens is 183 g/mol. The minimum atomic E-state index is -1.37. The third-order valence-electron chi connectivity index (χ3n) is 2.06. The Bertz CT molecular complexity index is 313. The van der Waals surface area contributed by atoms with Crippen molar-refractivity contribution in [2.45, 2.75) is 18.7 Å². The molecule has 0 radical (unpaired) electrons. The number of hydrogen-bond acceptors (Lipinski definition) is 3. The van der Waals surface area contributed by atoms with Gasteiger partial charge in [0.15, 0.2) is 0 Å². The van der Waals surface area contributed by atoms with Crippen LogP contribution in [0.25, 0.3) is 0 Å². The average Bonchev–Trinajstić information content (AvgIpc) is 2.07. The Morgan fingerprint density at radius 1 is 1.15 bits per heavy atom. The monoisotopic (exact) mass is 196 g/mol. The molecule has 1 rings (SSSR count). The van der Waals surface area contributed by atoms with E-state index in [-0.39, 0.29) is 0 Å². The lowest BCUT2D eigenvalue weighted by Gasteiger charge is -2.09. The summed E-state index contributed by atoms with van der Waals surface area (Å²) >= 11 is 1.67. The lowest BCUT2D eigenvalue weighted by atomic mass is 9.76. The van der Waals surface area contributed by atoms with Crippen molar-refractivity contribution in [3.8, 4) is 0 Å². The highest BCUT2D eigenvalue weighted by Gasteiger charge is 2.15. The molecule has 2 N–H and O–H groups in total. The Morgan fingerprint density at radius 3 is 2.23 bits per heavy atom. The van der Waals surface area contributed by atoms with E-state index in [0.29, 0.717) is 5.46 Å². The quantitative estimate of drug-likeness (QED) is 0.540. The molecule has 4 heteroatoms. The molecule has 70 valence electrons. The SMILES string of the molecule is CSc1cc(C)c(B(O)O)cc1C. The zero-order valence-corrected chi connectivity index (χ0v) is 8.85. The largest absolute Gasteiger partial charge is 0.488 e. The van der Waals surface area contributed by atoms with Gasteiger partial charge in [-0.25, -0.2) is 0 Å². The molecule has 0 aliphatic carbocycles. The maximum Gasteiger partial charge on any atom is 0.488 e. The second kappa shape index (κ2) is 4.18. The molecule has 0 aliphatic rings. The molecule has 0 bridgehead atoms. The van der Waals surface area contributed by atoms with Gasteiger partial charge >= 0.3 is 7.12 Å². The maximum absolute atomic E-state index is 9.04. The summed E-state index contributed by atoms with van der Waals surface area (Å²) in [5.74, 6) is 0. The first-order chi connectivity index (χ1) is 6.06. The molecule has 0 spiro atoms. The van der Waals surface area contributed by atoms with Crippen molar-refractivity contribution in [1.82, 2.24) is 0 Å². The first-order valence-electron chi connectivity index (χ1n) is 4.07. The summed E-state index contributed by atoms with van der Waals surface area (Å²) in [6.45, 7) is 3.85. The van der Waals surface area contributed by atoms with Crippen molar-refractivity contribution >= 4 is 24.3 Å². The van der Waals surface area contributed by atoms with E-state index in [4.69, 9.17) is 10.0 Å². The van der Waals surface area contributed by atoms with E-state index in [1.807, 2.05) is 32.2 Å². The lowest BCUT2D eigenvalue weighted by Crippen LogP contribution is -2.32. The Labute approximate surface area is 83.1 Å². The van der Waals surface area contributed by atoms with Crippen molar-refractivity contribution in [3.63, 3.8) is 0 Å². The molecule has 0 unspecified atom stereocenters. The Kier molecular flexibility index (Phi) is 3.42. The van der Waals surface area contributed by atoms with E-state index in [1.165, 1.54) is 4.90 Å². The zero-order chi connectivity index (χ0) is 10.0. The van der Waals surface area contributed by atoms with Gasteiger partial charge in [0.25, 0.3) is 0 Å². The third-order valence-corrected chi connectivity index (χ3v) is 2.94. The molecule has 0 atom stereocenters. The highest BCUT2D eigenvalue weighted by Crippen LogP contribution is 2.19. The maximum atomic E-state index is 9.04. The van der Waals surface area contributed by atoms with E-state index < -0.39 is 7.12 Å². The van der Waals surface area contributed by atoms with Gasteiger partial charge < -0.3 is 10.0 Å². The molecule has 0 saturated heterocycles. The Hall–Kier alpha value is -0.445. The van der Waals surface area contributed by atoms with Crippen LogP contribution >= 0.6 is 11.8 Å². The molecule has 0 amide bonds. The predicted octanol–water partition coefficient (Wildman–Crippen LogP) is 0.705. The number of benzene rings is 1. The van der Waals surface area contributed by atoms with Gasteiger partial charge in [-0.15, -0.1) is 11.8 Å². The minimum Gasteiger partial charge on any atom is -0.423 e. The molecule has 2 nitrogen and oxygen atoms in total. The van der Waals surface area contributed by atoms with Crippen molar-refractivity contribution in [1.29, 1.82) is 0 Å². The van der Waals surface area contributed by atoms with Crippen LogP contribution in [0.3, 0.4) is 0 Å². The Balaban J connectivity index is 3.20. The summed E-state index contributed by atoms with van der Waals surface area (Å²) in [6.07, 6.45) is 2.01. The second-order valence-corrected chi connectivity index (χ2v) is 3.90. The van der Waals surface area contributed by atoms with Gasteiger partial charge in [0.1, 0.15) is 0 Å². The van der Waals surface area contributed by atoms with Crippen molar-refractivity contribution in [3.05, 3.63) is 23.3 Å². The fourth-order valence-electron chi connectivity index (χ4n) is 1.31. The standard InChI is InChI=1S/C9H13BO2S/c1-6-5-9(13-3)7(2)4-8(6)10(11)12/h4-5,11-12H,1-3H3. The van der Waals surface area contributed by atoms with E-state index in [9.17, 15) is 0 Å². The van der Waals surface area contributed by atoms with Crippen LogP contribution in [-0.2, 0) is 0 Å². The molecule has 0 heterocycles. The van der Waals surface area contributed by atoms with E-state index in [0.717, 1.165) is 11.1 Å². The first kappa shape index (κ1) is 10.6. The molecular formula is C9H13BO2S. The lowest BCUT2D eigenvalue weighted by molar-refractivity contribution is 0.425. The number of thioether (sulfide) groups is 1. The first-order valence-corrected chi connectivity index (χ1v) is 5.30.